The van der Waals surface area contributed by atoms with E-state index in [2.05, 4.69) is 26.1 Å². The van der Waals surface area contributed by atoms with Crippen LogP contribution in [0.5, 0.6) is 0 Å². The second kappa shape index (κ2) is 8.47. The van der Waals surface area contributed by atoms with Gasteiger partial charge in [-0.1, -0.05) is 18.3 Å². The Balaban J connectivity index is 2.41. The molecule has 0 aliphatic rings. The van der Waals surface area contributed by atoms with Crippen LogP contribution in [0, 0.1) is 0 Å². The Labute approximate surface area is 128 Å². The molecule has 1 aromatic carbocycles. The van der Waals surface area contributed by atoms with Gasteiger partial charge in [-0.25, -0.2) is 0 Å². The van der Waals surface area contributed by atoms with Crippen molar-refractivity contribution in [2.24, 2.45) is 5.73 Å². The third kappa shape index (κ3) is 5.86. The van der Waals surface area contributed by atoms with Crippen LogP contribution in [-0.2, 0) is 4.74 Å². The monoisotopic (exact) mass is 345 g/mol. The van der Waals surface area contributed by atoms with Crippen LogP contribution < -0.4 is 11.1 Å². The highest BCUT2D eigenvalue weighted by Crippen LogP contribution is 2.24. The van der Waals surface area contributed by atoms with Crippen LogP contribution >= 0.6 is 28.1 Å². The zero-order chi connectivity index (χ0) is 14.3. The van der Waals surface area contributed by atoms with Crippen molar-refractivity contribution in [3.8, 4) is 0 Å². The van der Waals surface area contributed by atoms with Crippen molar-refractivity contribution >= 4 is 38.8 Å². The molecule has 0 amide bonds. The fraction of sp³-hybridized carbons (Fsp3) is 0.462. The van der Waals surface area contributed by atoms with Gasteiger partial charge in [-0.15, -0.1) is 0 Å². The number of benzene rings is 1. The first-order chi connectivity index (χ1) is 9.02. The summed E-state index contributed by atoms with van der Waals surface area (Å²) in [4.78, 5) is 2.47. The molecule has 4 nitrogen and oxygen atoms in total. The van der Waals surface area contributed by atoms with Gasteiger partial charge in [0.2, 0.25) is 0 Å². The van der Waals surface area contributed by atoms with Crippen molar-refractivity contribution in [2.45, 2.75) is 0 Å². The van der Waals surface area contributed by atoms with Crippen LogP contribution in [0.2, 0.25) is 0 Å². The lowest BCUT2D eigenvalue weighted by Crippen LogP contribution is -2.20. The number of likely N-dealkylation sites (N-methyl/N-ethyl adjacent to an activating group) is 1. The van der Waals surface area contributed by atoms with E-state index in [4.69, 9.17) is 22.7 Å². The largest absolute Gasteiger partial charge is 0.389 e. The lowest BCUT2D eigenvalue weighted by Gasteiger charge is -2.13. The van der Waals surface area contributed by atoms with Gasteiger partial charge in [0.25, 0.3) is 0 Å². The highest BCUT2D eigenvalue weighted by atomic mass is 79.9. The number of anilines is 1. The predicted molar refractivity (Wildman–Crippen MR) is 87.9 cm³/mol. The van der Waals surface area contributed by atoms with Crippen molar-refractivity contribution in [1.29, 1.82) is 0 Å². The summed E-state index contributed by atoms with van der Waals surface area (Å²) >= 11 is 8.51. The average molecular weight is 346 g/mol. The van der Waals surface area contributed by atoms with E-state index in [1.807, 2.05) is 32.3 Å². The van der Waals surface area contributed by atoms with Gasteiger partial charge < -0.3 is 20.7 Å². The Kier molecular flexibility index (Phi) is 7.30. The maximum Gasteiger partial charge on any atom is 0.107 e. The van der Waals surface area contributed by atoms with Gasteiger partial charge in [-0.2, -0.15) is 0 Å². The molecular weight excluding hydrogens is 326 g/mol. The lowest BCUT2D eigenvalue weighted by atomic mass is 10.2. The third-order valence-corrected chi connectivity index (χ3v) is 3.37. The van der Waals surface area contributed by atoms with Crippen molar-refractivity contribution in [1.82, 2.24) is 4.90 Å². The zero-order valence-electron chi connectivity index (χ0n) is 11.3. The third-order valence-electron chi connectivity index (χ3n) is 2.50. The minimum Gasteiger partial charge on any atom is -0.389 e. The van der Waals surface area contributed by atoms with Crippen molar-refractivity contribution in [3.05, 3.63) is 28.2 Å². The molecule has 0 fully saturated rings. The first-order valence-electron chi connectivity index (χ1n) is 6.07. The molecule has 0 unspecified atom stereocenters. The Bertz CT molecular complexity index is 426. The summed E-state index contributed by atoms with van der Waals surface area (Å²) in [6.45, 7) is 3.03. The van der Waals surface area contributed by atoms with Crippen LogP contribution in [0.4, 0.5) is 5.69 Å². The van der Waals surface area contributed by atoms with E-state index in [-0.39, 0.29) is 0 Å². The lowest BCUT2D eigenvalue weighted by molar-refractivity contribution is 0.126. The summed E-state index contributed by atoms with van der Waals surface area (Å²) in [5, 5.41) is 3.29. The molecule has 0 radical (unpaired) electrons. The summed E-state index contributed by atoms with van der Waals surface area (Å²) in [7, 11) is 4.05. The van der Waals surface area contributed by atoms with E-state index < -0.39 is 0 Å². The van der Waals surface area contributed by atoms with E-state index in [1.54, 1.807) is 0 Å². The van der Waals surface area contributed by atoms with E-state index in [0.717, 1.165) is 35.4 Å². The second-order valence-electron chi connectivity index (χ2n) is 4.37. The Hall–Kier alpha value is -0.690. The highest BCUT2D eigenvalue weighted by Gasteiger charge is 2.08. The number of thiocarbonyl (C=S) groups is 1. The van der Waals surface area contributed by atoms with Gasteiger partial charge in [0, 0.05) is 28.8 Å². The number of nitrogens with one attached hydrogen (secondary N) is 1. The molecule has 19 heavy (non-hydrogen) atoms. The van der Waals surface area contributed by atoms with Crippen LogP contribution in [0.15, 0.2) is 22.7 Å². The molecule has 0 heterocycles. The van der Waals surface area contributed by atoms with E-state index in [1.165, 1.54) is 0 Å². The predicted octanol–water partition coefficient (Wildman–Crippen LogP) is 2.07. The second-order valence-corrected chi connectivity index (χ2v) is 5.66. The van der Waals surface area contributed by atoms with Gasteiger partial charge >= 0.3 is 0 Å². The number of hydrogen-bond acceptors (Lipinski definition) is 4. The molecule has 1 aromatic rings. The summed E-state index contributed by atoms with van der Waals surface area (Å²) in [5.41, 5.74) is 7.49. The molecule has 0 bridgehead atoms. The minimum absolute atomic E-state index is 0.378. The first kappa shape index (κ1) is 16.4. The Morgan fingerprint density at radius 2 is 2.16 bits per heavy atom. The normalized spacial score (nSPS) is 10.7. The van der Waals surface area contributed by atoms with E-state index in [9.17, 15) is 0 Å². The summed E-state index contributed by atoms with van der Waals surface area (Å²) in [5.74, 6) is 0. The number of hydrogen-bond donors (Lipinski definition) is 2. The number of nitrogens with zero attached hydrogens (tertiary/aromatic N) is 1. The maximum atomic E-state index is 5.73. The molecule has 0 saturated heterocycles. The molecule has 0 saturated carbocycles. The van der Waals surface area contributed by atoms with E-state index >= 15 is 0 Å². The van der Waals surface area contributed by atoms with Gasteiger partial charge in [-0.3, -0.25) is 0 Å². The van der Waals surface area contributed by atoms with Crippen LogP contribution in [0.25, 0.3) is 0 Å². The Morgan fingerprint density at radius 1 is 1.42 bits per heavy atom. The average Bonchev–Trinajstić information content (AvgIpc) is 2.32. The fourth-order valence-electron chi connectivity index (χ4n) is 1.53. The molecule has 0 aliphatic carbocycles. The SMILES string of the molecule is CN(C)CCOCCNc1cccc(Br)c1C(N)=S. The van der Waals surface area contributed by atoms with Crippen molar-refractivity contribution < 1.29 is 4.74 Å². The standard InChI is InChI=1S/C13H20BrN3OS/c1-17(2)7-9-18-8-6-16-11-5-3-4-10(14)12(11)13(15)19/h3-5,16H,6-9H2,1-2H3,(H2,15,19). The van der Waals surface area contributed by atoms with Gasteiger partial charge in [0.1, 0.15) is 4.99 Å². The molecule has 0 spiro atoms. The van der Waals surface area contributed by atoms with Gasteiger partial charge in [0.05, 0.1) is 13.2 Å². The van der Waals surface area contributed by atoms with Gasteiger partial charge in [-0.05, 0) is 42.2 Å². The number of nitrogens with two attached hydrogens (primary N) is 1. The van der Waals surface area contributed by atoms with Crippen LogP contribution in [-0.4, -0.2) is 50.3 Å². The molecule has 3 N–H and O–H groups in total. The number of halogens is 1. The topological polar surface area (TPSA) is 50.5 Å². The Morgan fingerprint density at radius 3 is 2.79 bits per heavy atom. The number of ether oxygens (including phenoxy) is 1. The summed E-state index contributed by atoms with van der Waals surface area (Å²) < 4.78 is 6.42. The van der Waals surface area contributed by atoms with Crippen LogP contribution in [0.1, 0.15) is 5.56 Å². The molecular formula is C13H20BrN3OS. The number of rotatable bonds is 8. The van der Waals surface area contributed by atoms with Crippen molar-refractivity contribution in [3.63, 3.8) is 0 Å². The summed E-state index contributed by atoms with van der Waals surface area (Å²) in [6.07, 6.45) is 0. The molecule has 0 aromatic heterocycles. The maximum absolute atomic E-state index is 5.73. The smallest absolute Gasteiger partial charge is 0.107 e. The quantitative estimate of drug-likeness (QED) is 0.558. The molecule has 1 rings (SSSR count). The zero-order valence-corrected chi connectivity index (χ0v) is 13.7. The summed E-state index contributed by atoms with van der Waals surface area (Å²) in [6, 6.07) is 5.83. The minimum atomic E-state index is 0.378. The van der Waals surface area contributed by atoms with Crippen molar-refractivity contribution in [2.75, 3.05) is 45.7 Å². The van der Waals surface area contributed by atoms with E-state index in [0.29, 0.717) is 11.6 Å². The molecule has 106 valence electrons. The fourth-order valence-corrected chi connectivity index (χ4v) is 2.46. The molecule has 6 heteroatoms. The first-order valence-corrected chi connectivity index (χ1v) is 7.27. The van der Waals surface area contributed by atoms with Gasteiger partial charge in [0.15, 0.2) is 0 Å². The van der Waals surface area contributed by atoms with Crippen LogP contribution in [0.3, 0.4) is 0 Å². The highest BCUT2D eigenvalue weighted by molar-refractivity contribution is 9.10. The molecule has 0 aliphatic heterocycles. The molecule has 0 atom stereocenters.